The van der Waals surface area contributed by atoms with Gasteiger partial charge in [0.1, 0.15) is 0 Å². The summed E-state index contributed by atoms with van der Waals surface area (Å²) < 4.78 is 5.44. The van der Waals surface area contributed by atoms with Gasteiger partial charge < -0.3 is 20.3 Å². The summed E-state index contributed by atoms with van der Waals surface area (Å²) in [7, 11) is 0. The Morgan fingerprint density at radius 3 is 1.20 bits per heavy atom. The molecule has 3 N–H and O–H groups in total. The zero-order valence-electron chi connectivity index (χ0n) is 43.9. The SMILES string of the molecule is CCCCC/C=C\C/C=C\CCCCCCCCCC(=O)OCCCC/C=C\CCCCCCCC(=O)NC(CO)C(O)/C=C/CCCCCCCCCCCCCCCCCCCCC. The van der Waals surface area contributed by atoms with Gasteiger partial charge in [0.2, 0.25) is 5.91 Å². The molecular weight excluding hydrogens is 815 g/mol. The minimum Gasteiger partial charge on any atom is -0.466 e. The van der Waals surface area contributed by atoms with Crippen molar-refractivity contribution in [2.24, 2.45) is 0 Å². The Kier molecular flexibility index (Phi) is 53.6. The van der Waals surface area contributed by atoms with Crippen LogP contribution in [0.2, 0.25) is 0 Å². The normalized spacial score (nSPS) is 13.0. The Labute approximate surface area is 410 Å². The molecule has 0 aliphatic carbocycles. The summed E-state index contributed by atoms with van der Waals surface area (Å²) in [6.07, 6.45) is 69.9. The Balaban J connectivity index is 3.55. The molecule has 2 unspecified atom stereocenters. The van der Waals surface area contributed by atoms with Crippen LogP contribution >= 0.6 is 0 Å². The van der Waals surface area contributed by atoms with Gasteiger partial charge in [-0.2, -0.15) is 0 Å². The number of esters is 1. The summed E-state index contributed by atoms with van der Waals surface area (Å²) in [4.78, 5) is 24.5. The molecule has 0 aromatic heterocycles. The van der Waals surface area contributed by atoms with Gasteiger partial charge in [0.25, 0.3) is 0 Å². The van der Waals surface area contributed by atoms with E-state index in [1.165, 1.54) is 180 Å². The van der Waals surface area contributed by atoms with Crippen LogP contribution in [0.1, 0.15) is 296 Å². The number of hydrogen-bond acceptors (Lipinski definition) is 5. The fourth-order valence-corrected chi connectivity index (χ4v) is 8.60. The van der Waals surface area contributed by atoms with Crippen molar-refractivity contribution in [2.75, 3.05) is 13.2 Å². The van der Waals surface area contributed by atoms with E-state index in [1.54, 1.807) is 6.08 Å². The molecule has 0 bridgehead atoms. The van der Waals surface area contributed by atoms with E-state index in [0.717, 1.165) is 89.9 Å². The van der Waals surface area contributed by atoms with Gasteiger partial charge in [0, 0.05) is 12.8 Å². The van der Waals surface area contributed by atoms with E-state index in [1.807, 2.05) is 6.08 Å². The molecule has 0 fully saturated rings. The molecule has 0 heterocycles. The third-order valence-electron chi connectivity index (χ3n) is 13.1. The first kappa shape index (κ1) is 63.8. The number of hydrogen-bond donors (Lipinski definition) is 3. The first-order chi connectivity index (χ1) is 32.5. The molecule has 2 atom stereocenters. The van der Waals surface area contributed by atoms with E-state index < -0.39 is 12.1 Å². The van der Waals surface area contributed by atoms with E-state index in [4.69, 9.17) is 4.74 Å². The maximum Gasteiger partial charge on any atom is 0.305 e. The van der Waals surface area contributed by atoms with Crippen molar-refractivity contribution in [2.45, 2.75) is 309 Å². The molecule has 0 aliphatic heterocycles. The summed E-state index contributed by atoms with van der Waals surface area (Å²) in [5, 5.41) is 23.1. The zero-order chi connectivity index (χ0) is 47.9. The lowest BCUT2D eigenvalue weighted by Gasteiger charge is -2.20. The highest BCUT2D eigenvalue weighted by molar-refractivity contribution is 5.76. The van der Waals surface area contributed by atoms with Crippen LogP contribution in [0.15, 0.2) is 48.6 Å². The van der Waals surface area contributed by atoms with Gasteiger partial charge >= 0.3 is 5.97 Å². The Hall–Kier alpha value is -2.18. The maximum atomic E-state index is 12.5. The minimum atomic E-state index is -0.865. The second-order valence-corrected chi connectivity index (χ2v) is 19.6. The average Bonchev–Trinajstić information content (AvgIpc) is 3.32. The van der Waals surface area contributed by atoms with E-state index in [9.17, 15) is 19.8 Å². The van der Waals surface area contributed by atoms with Crippen LogP contribution in [-0.4, -0.2) is 47.4 Å². The third-order valence-corrected chi connectivity index (χ3v) is 13.1. The van der Waals surface area contributed by atoms with Gasteiger partial charge in [-0.3, -0.25) is 9.59 Å². The summed E-state index contributed by atoms with van der Waals surface area (Å²) >= 11 is 0. The molecule has 66 heavy (non-hydrogen) atoms. The van der Waals surface area contributed by atoms with Crippen molar-refractivity contribution < 1.29 is 24.5 Å². The predicted octanol–water partition coefficient (Wildman–Crippen LogP) is 17.8. The van der Waals surface area contributed by atoms with Crippen LogP contribution < -0.4 is 5.32 Å². The summed E-state index contributed by atoms with van der Waals surface area (Å²) in [5.41, 5.74) is 0. The lowest BCUT2D eigenvalue weighted by atomic mass is 10.0. The lowest BCUT2D eigenvalue weighted by molar-refractivity contribution is -0.143. The smallest absolute Gasteiger partial charge is 0.305 e. The van der Waals surface area contributed by atoms with Gasteiger partial charge in [-0.1, -0.05) is 242 Å². The fraction of sp³-hybridized carbons (Fsp3) is 0.833. The number of allylic oxidation sites excluding steroid dienone is 7. The van der Waals surface area contributed by atoms with Gasteiger partial charge in [-0.15, -0.1) is 0 Å². The summed E-state index contributed by atoms with van der Waals surface area (Å²) in [6.45, 7) is 4.80. The van der Waals surface area contributed by atoms with Crippen LogP contribution in [0, 0.1) is 0 Å². The van der Waals surface area contributed by atoms with E-state index in [-0.39, 0.29) is 18.5 Å². The number of carbonyl (C=O) groups excluding carboxylic acids is 2. The third kappa shape index (κ3) is 51.2. The summed E-state index contributed by atoms with van der Waals surface area (Å²) in [5.74, 6) is -0.137. The zero-order valence-corrected chi connectivity index (χ0v) is 43.9. The van der Waals surface area contributed by atoms with E-state index >= 15 is 0 Å². The van der Waals surface area contributed by atoms with Crippen LogP contribution in [-0.2, 0) is 14.3 Å². The predicted molar refractivity (Wildman–Crippen MR) is 287 cm³/mol. The number of ether oxygens (including phenoxy) is 1. The van der Waals surface area contributed by atoms with E-state index in [0.29, 0.717) is 19.4 Å². The van der Waals surface area contributed by atoms with Crippen molar-refractivity contribution >= 4 is 11.9 Å². The highest BCUT2D eigenvalue weighted by Gasteiger charge is 2.18. The largest absolute Gasteiger partial charge is 0.466 e. The van der Waals surface area contributed by atoms with Crippen molar-refractivity contribution in [1.82, 2.24) is 5.32 Å². The molecular formula is C60H111NO5. The monoisotopic (exact) mass is 926 g/mol. The Morgan fingerprint density at radius 1 is 0.424 bits per heavy atom. The molecule has 0 saturated carbocycles. The van der Waals surface area contributed by atoms with Gasteiger partial charge in [0.05, 0.1) is 25.4 Å². The van der Waals surface area contributed by atoms with Crippen LogP contribution in [0.3, 0.4) is 0 Å². The number of aliphatic hydroxyl groups excluding tert-OH is 2. The minimum absolute atomic E-state index is 0.0408. The molecule has 6 heteroatoms. The number of amides is 1. The van der Waals surface area contributed by atoms with Crippen molar-refractivity contribution in [3.63, 3.8) is 0 Å². The van der Waals surface area contributed by atoms with Crippen LogP contribution in [0.4, 0.5) is 0 Å². The first-order valence-corrected chi connectivity index (χ1v) is 28.9. The molecule has 0 spiro atoms. The standard InChI is InChI=1S/C60H111NO5/c1-3-5-7-9-11-13-15-17-19-21-22-23-24-26-27-29-32-36-40-44-48-52-58(63)57(56-62)61-59(64)53-49-45-41-37-33-31-35-39-43-47-51-55-66-60(65)54-50-46-42-38-34-30-28-25-20-18-16-14-12-10-8-6-4-2/h12,14,18,20,35,39,48,52,57-58,62-63H,3-11,13,15-17,19,21-34,36-38,40-47,49-51,53-56H2,1-2H3,(H,61,64)/b14-12-,20-18-,39-35-,52-48+. The molecule has 0 aromatic carbocycles. The number of unbranched alkanes of at least 4 members (excludes halogenated alkanes) is 36. The van der Waals surface area contributed by atoms with Crippen molar-refractivity contribution in [3.05, 3.63) is 48.6 Å². The van der Waals surface area contributed by atoms with E-state index in [2.05, 4.69) is 55.6 Å². The number of nitrogens with one attached hydrogen (secondary N) is 1. The first-order valence-electron chi connectivity index (χ1n) is 28.9. The van der Waals surface area contributed by atoms with Gasteiger partial charge in [0.15, 0.2) is 0 Å². The molecule has 0 rings (SSSR count). The number of rotatable bonds is 53. The van der Waals surface area contributed by atoms with Crippen molar-refractivity contribution in [3.8, 4) is 0 Å². The molecule has 0 saturated heterocycles. The molecule has 0 radical (unpaired) electrons. The Morgan fingerprint density at radius 2 is 0.758 bits per heavy atom. The molecule has 0 aromatic rings. The molecule has 0 aliphatic rings. The highest BCUT2D eigenvalue weighted by Crippen LogP contribution is 2.16. The summed E-state index contributed by atoms with van der Waals surface area (Å²) in [6, 6.07) is -0.651. The topological polar surface area (TPSA) is 95.9 Å². The van der Waals surface area contributed by atoms with Gasteiger partial charge in [-0.05, 0) is 89.9 Å². The molecule has 1 amide bonds. The fourth-order valence-electron chi connectivity index (χ4n) is 8.60. The van der Waals surface area contributed by atoms with Gasteiger partial charge in [-0.25, -0.2) is 0 Å². The lowest BCUT2D eigenvalue weighted by Crippen LogP contribution is -2.45. The second-order valence-electron chi connectivity index (χ2n) is 19.6. The van der Waals surface area contributed by atoms with Crippen LogP contribution in [0.5, 0.6) is 0 Å². The molecule has 6 nitrogen and oxygen atoms in total. The Bertz CT molecular complexity index is 1110. The number of carbonyl (C=O) groups is 2. The van der Waals surface area contributed by atoms with Crippen molar-refractivity contribution in [1.29, 1.82) is 0 Å². The number of aliphatic hydroxyl groups is 2. The quantitative estimate of drug-likeness (QED) is 0.0321. The average molecular weight is 927 g/mol. The molecule has 386 valence electrons. The van der Waals surface area contributed by atoms with Crippen LogP contribution in [0.25, 0.3) is 0 Å². The highest BCUT2D eigenvalue weighted by atomic mass is 16.5. The maximum absolute atomic E-state index is 12.5. The second kappa shape index (κ2) is 55.4.